The Labute approximate surface area is 148 Å². The molecule has 1 unspecified atom stereocenters. The summed E-state index contributed by atoms with van der Waals surface area (Å²) in [5.41, 5.74) is 2.97. The zero-order valence-corrected chi connectivity index (χ0v) is 14.5. The highest BCUT2D eigenvalue weighted by molar-refractivity contribution is 5.95. The molecule has 1 atom stereocenters. The Bertz CT molecular complexity index is 753. The Balaban J connectivity index is 1.54. The molecule has 3 heterocycles. The van der Waals surface area contributed by atoms with Crippen LogP contribution in [0.25, 0.3) is 0 Å². The van der Waals surface area contributed by atoms with Crippen molar-refractivity contribution in [3.8, 4) is 5.75 Å². The number of carbonyl (C=O) groups excluding carboxylic acids is 1. The molecule has 0 radical (unpaired) electrons. The second kappa shape index (κ2) is 7.26. The predicted octanol–water partition coefficient (Wildman–Crippen LogP) is 3.50. The summed E-state index contributed by atoms with van der Waals surface area (Å²) in [5, 5.41) is 0. The second-order valence-electron chi connectivity index (χ2n) is 7.02. The van der Waals surface area contributed by atoms with Gasteiger partial charge in [0.15, 0.2) is 0 Å². The number of likely N-dealkylation sites (tertiary alicyclic amines) is 1. The number of ether oxygens (including phenoxy) is 1. The number of pyridine rings is 1. The molecule has 1 aromatic carbocycles. The van der Waals surface area contributed by atoms with Gasteiger partial charge in [-0.25, -0.2) is 0 Å². The molecule has 4 nitrogen and oxygen atoms in total. The fourth-order valence-corrected chi connectivity index (χ4v) is 3.90. The van der Waals surface area contributed by atoms with Gasteiger partial charge in [-0.15, -0.1) is 0 Å². The number of carbonyl (C=O) groups is 1. The van der Waals surface area contributed by atoms with Crippen LogP contribution in [0.3, 0.4) is 0 Å². The van der Waals surface area contributed by atoms with Crippen LogP contribution in [0, 0.1) is 5.92 Å². The molecule has 0 saturated carbocycles. The number of amides is 1. The van der Waals surface area contributed by atoms with Gasteiger partial charge in [0.1, 0.15) is 5.75 Å². The highest BCUT2D eigenvalue weighted by atomic mass is 16.5. The molecule has 0 bridgehead atoms. The maximum atomic E-state index is 12.8. The third-order valence-corrected chi connectivity index (χ3v) is 5.26. The lowest BCUT2D eigenvalue weighted by atomic mass is 9.91. The second-order valence-corrected chi connectivity index (χ2v) is 7.02. The van der Waals surface area contributed by atoms with Crippen molar-refractivity contribution in [3.63, 3.8) is 0 Å². The molecule has 25 heavy (non-hydrogen) atoms. The van der Waals surface area contributed by atoms with Crippen molar-refractivity contribution in [2.24, 2.45) is 5.92 Å². The number of rotatable bonds is 3. The van der Waals surface area contributed by atoms with Crippen LogP contribution in [-0.2, 0) is 12.8 Å². The first-order chi connectivity index (χ1) is 12.3. The van der Waals surface area contributed by atoms with Crippen molar-refractivity contribution in [1.29, 1.82) is 0 Å². The minimum atomic E-state index is 0.144. The lowest BCUT2D eigenvalue weighted by Gasteiger charge is -2.19. The van der Waals surface area contributed by atoms with Gasteiger partial charge >= 0.3 is 0 Å². The van der Waals surface area contributed by atoms with Crippen molar-refractivity contribution in [2.75, 3.05) is 19.7 Å². The molecular weight excluding hydrogens is 312 g/mol. The van der Waals surface area contributed by atoms with Gasteiger partial charge in [0.25, 0.3) is 5.91 Å². The Morgan fingerprint density at radius 3 is 2.88 bits per heavy atom. The first-order valence-corrected chi connectivity index (χ1v) is 9.25. The normalized spacial score (nSPS) is 19.8. The largest absolute Gasteiger partial charge is 0.493 e. The molecular formula is C21H24N2O2. The molecule has 130 valence electrons. The maximum Gasteiger partial charge on any atom is 0.255 e. The Morgan fingerprint density at radius 2 is 2.00 bits per heavy atom. The van der Waals surface area contributed by atoms with Gasteiger partial charge in [-0.1, -0.05) is 18.2 Å². The molecule has 0 N–H and O–H groups in total. The highest BCUT2D eigenvalue weighted by Crippen LogP contribution is 2.29. The van der Waals surface area contributed by atoms with E-state index >= 15 is 0 Å². The quantitative estimate of drug-likeness (QED) is 0.861. The fraction of sp³-hybridized carbons (Fsp3) is 0.429. The molecule has 4 heteroatoms. The summed E-state index contributed by atoms with van der Waals surface area (Å²) in [6.45, 7) is 2.47. The monoisotopic (exact) mass is 336 g/mol. The van der Waals surface area contributed by atoms with Crippen LogP contribution in [0.15, 0.2) is 42.6 Å². The van der Waals surface area contributed by atoms with Crippen LogP contribution in [0.2, 0.25) is 0 Å². The molecule has 0 aliphatic carbocycles. The molecule has 1 amide bonds. The molecule has 4 rings (SSSR count). The van der Waals surface area contributed by atoms with Gasteiger partial charge in [-0.05, 0) is 61.8 Å². The smallest absolute Gasteiger partial charge is 0.255 e. The van der Waals surface area contributed by atoms with E-state index in [1.807, 2.05) is 29.2 Å². The zero-order chi connectivity index (χ0) is 17.1. The summed E-state index contributed by atoms with van der Waals surface area (Å²) in [5.74, 6) is 1.59. The Kier molecular flexibility index (Phi) is 4.68. The van der Waals surface area contributed by atoms with Gasteiger partial charge in [-0.2, -0.15) is 0 Å². The Hall–Kier alpha value is -2.36. The third kappa shape index (κ3) is 3.53. The van der Waals surface area contributed by atoms with E-state index < -0.39 is 0 Å². The standard InChI is InChI=1S/C21H24N2O2/c24-21(23-11-3-4-12-23)18-7-5-10-22-19(18)15-16-9-13-25-20-8-2-1-6-17(20)14-16/h1-2,5-8,10,16H,3-4,9,11-15H2. The summed E-state index contributed by atoms with van der Waals surface area (Å²) >= 11 is 0. The lowest BCUT2D eigenvalue weighted by Crippen LogP contribution is -2.29. The van der Waals surface area contributed by atoms with Crippen LogP contribution >= 0.6 is 0 Å². The van der Waals surface area contributed by atoms with E-state index in [9.17, 15) is 4.79 Å². The van der Waals surface area contributed by atoms with Gasteiger partial charge < -0.3 is 9.64 Å². The highest BCUT2D eigenvalue weighted by Gasteiger charge is 2.24. The van der Waals surface area contributed by atoms with Gasteiger partial charge in [0, 0.05) is 19.3 Å². The van der Waals surface area contributed by atoms with Crippen molar-refractivity contribution in [3.05, 3.63) is 59.4 Å². The molecule has 1 fully saturated rings. The van der Waals surface area contributed by atoms with Crippen LogP contribution in [0.1, 0.15) is 40.9 Å². The topological polar surface area (TPSA) is 42.4 Å². The summed E-state index contributed by atoms with van der Waals surface area (Å²) in [6.07, 6.45) is 6.81. The van der Waals surface area contributed by atoms with Crippen LogP contribution < -0.4 is 4.74 Å². The van der Waals surface area contributed by atoms with E-state index in [4.69, 9.17) is 4.74 Å². The maximum absolute atomic E-state index is 12.8. The number of nitrogens with zero attached hydrogens (tertiary/aromatic N) is 2. The lowest BCUT2D eigenvalue weighted by molar-refractivity contribution is 0.0791. The molecule has 2 aromatic rings. The Morgan fingerprint density at radius 1 is 1.16 bits per heavy atom. The van der Waals surface area contributed by atoms with E-state index in [2.05, 4.69) is 17.1 Å². The third-order valence-electron chi connectivity index (χ3n) is 5.26. The van der Waals surface area contributed by atoms with E-state index in [0.717, 1.165) is 68.8 Å². The number of aromatic nitrogens is 1. The summed E-state index contributed by atoms with van der Waals surface area (Å²) in [6, 6.07) is 12.1. The number of hydrogen-bond acceptors (Lipinski definition) is 3. The van der Waals surface area contributed by atoms with E-state index in [1.54, 1.807) is 6.20 Å². The van der Waals surface area contributed by atoms with Crippen LogP contribution in [-0.4, -0.2) is 35.5 Å². The number of benzene rings is 1. The van der Waals surface area contributed by atoms with Crippen LogP contribution in [0.4, 0.5) is 0 Å². The number of hydrogen-bond donors (Lipinski definition) is 0. The van der Waals surface area contributed by atoms with Gasteiger partial charge in [0.05, 0.1) is 17.9 Å². The van der Waals surface area contributed by atoms with Crippen molar-refractivity contribution in [1.82, 2.24) is 9.88 Å². The van der Waals surface area contributed by atoms with Crippen molar-refractivity contribution >= 4 is 5.91 Å². The summed E-state index contributed by atoms with van der Waals surface area (Å²) in [4.78, 5) is 19.4. The first-order valence-electron chi connectivity index (χ1n) is 9.25. The zero-order valence-electron chi connectivity index (χ0n) is 14.5. The molecule has 1 aromatic heterocycles. The average molecular weight is 336 g/mol. The first kappa shape index (κ1) is 16.1. The molecule has 1 saturated heterocycles. The van der Waals surface area contributed by atoms with Gasteiger partial charge in [0.2, 0.25) is 0 Å². The summed E-state index contributed by atoms with van der Waals surface area (Å²) in [7, 11) is 0. The van der Waals surface area contributed by atoms with Crippen molar-refractivity contribution < 1.29 is 9.53 Å². The van der Waals surface area contributed by atoms with Gasteiger partial charge in [-0.3, -0.25) is 9.78 Å². The summed E-state index contributed by atoms with van der Waals surface area (Å²) < 4.78 is 5.88. The van der Waals surface area contributed by atoms with E-state index in [0.29, 0.717) is 5.92 Å². The van der Waals surface area contributed by atoms with Crippen molar-refractivity contribution in [2.45, 2.75) is 32.1 Å². The number of fused-ring (bicyclic) bond motifs is 1. The molecule has 0 spiro atoms. The van der Waals surface area contributed by atoms with E-state index in [1.165, 1.54) is 5.56 Å². The fourth-order valence-electron chi connectivity index (χ4n) is 3.90. The predicted molar refractivity (Wildman–Crippen MR) is 96.8 cm³/mol. The molecule has 2 aliphatic heterocycles. The minimum Gasteiger partial charge on any atom is -0.493 e. The number of para-hydroxylation sites is 1. The SMILES string of the molecule is O=C(c1cccnc1CC1CCOc2ccccc2C1)N1CCCC1. The average Bonchev–Trinajstić information content (AvgIpc) is 3.10. The molecule has 2 aliphatic rings. The van der Waals surface area contributed by atoms with E-state index in [-0.39, 0.29) is 5.91 Å². The minimum absolute atomic E-state index is 0.144. The van der Waals surface area contributed by atoms with Crippen LogP contribution in [0.5, 0.6) is 5.75 Å².